The largest absolute Gasteiger partial charge is 0.493 e. The maximum atomic E-state index is 6.79. The van der Waals surface area contributed by atoms with Gasteiger partial charge in [0.25, 0.3) is 0 Å². The van der Waals surface area contributed by atoms with Gasteiger partial charge in [-0.3, -0.25) is 4.68 Å². The molecule has 4 N–H and O–H groups in total. The number of quaternary nitrogens is 1. The number of nitrogens with two attached hydrogens (primary N) is 1. The van der Waals surface area contributed by atoms with Crippen LogP contribution in [0.3, 0.4) is 0 Å². The summed E-state index contributed by atoms with van der Waals surface area (Å²) < 4.78 is 13.4. The van der Waals surface area contributed by atoms with Crippen LogP contribution < -0.4 is 25.1 Å². The zero-order chi connectivity index (χ0) is 34.2. The van der Waals surface area contributed by atoms with Crippen LogP contribution in [0, 0.1) is 5.92 Å². The number of pyridine rings is 1. The molecule has 0 amide bonds. The molecular formula is C41H47ClN6O2+2. The smallest absolute Gasteiger partial charge is 0.214 e. The molecule has 3 aliphatic rings. The summed E-state index contributed by atoms with van der Waals surface area (Å²) >= 11 is 6.28. The van der Waals surface area contributed by atoms with Gasteiger partial charge < -0.3 is 20.1 Å². The lowest BCUT2D eigenvalue weighted by atomic mass is 9.70. The molecule has 8 nitrogen and oxygen atoms in total. The predicted molar refractivity (Wildman–Crippen MR) is 197 cm³/mol. The zero-order valence-corrected chi connectivity index (χ0v) is 29.8. The Balaban J connectivity index is 0.869. The number of benzene rings is 3. The van der Waals surface area contributed by atoms with E-state index in [1.54, 1.807) is 19.8 Å². The molecule has 0 radical (unpaired) electrons. The number of nitrogen functional groups attached to an aromatic ring is 1. The quantitative estimate of drug-likeness (QED) is 0.129. The van der Waals surface area contributed by atoms with Gasteiger partial charge in [-0.25, -0.2) is 4.98 Å². The van der Waals surface area contributed by atoms with Crippen LogP contribution in [0.5, 0.6) is 11.5 Å². The number of hydrogen-bond acceptors (Lipinski definition) is 5. The fourth-order valence-corrected chi connectivity index (χ4v) is 9.12. The Morgan fingerprint density at radius 1 is 1.00 bits per heavy atom. The summed E-state index contributed by atoms with van der Waals surface area (Å²) in [5.41, 5.74) is 18.0. The van der Waals surface area contributed by atoms with E-state index in [4.69, 9.17) is 26.8 Å². The number of hydrogen-bond donors (Lipinski definition) is 2. The lowest BCUT2D eigenvalue weighted by molar-refractivity contribution is -0.927. The van der Waals surface area contributed by atoms with Crippen LogP contribution in [0.15, 0.2) is 78.5 Å². The minimum Gasteiger partial charge on any atom is -0.493 e. The molecule has 2 bridgehead atoms. The van der Waals surface area contributed by atoms with Crippen LogP contribution in [0.4, 0.5) is 5.69 Å². The van der Waals surface area contributed by atoms with Crippen LogP contribution in [0.1, 0.15) is 77.7 Å². The van der Waals surface area contributed by atoms with Crippen molar-refractivity contribution in [1.82, 2.24) is 15.0 Å². The number of halogens is 1. The molecule has 2 aliphatic carbocycles. The minimum absolute atomic E-state index is 0.227. The molecule has 3 heterocycles. The van der Waals surface area contributed by atoms with Crippen molar-refractivity contribution in [2.75, 3.05) is 33.0 Å². The Bertz CT molecular complexity index is 2040. The number of fused-ring (bicyclic) bond motifs is 6. The third kappa shape index (κ3) is 6.47. The van der Waals surface area contributed by atoms with Gasteiger partial charge in [0.15, 0.2) is 17.2 Å². The van der Waals surface area contributed by atoms with Crippen molar-refractivity contribution >= 4 is 28.2 Å². The molecule has 50 heavy (non-hydrogen) atoms. The molecule has 9 heteroatoms. The fourth-order valence-electron chi connectivity index (χ4n) is 8.95. The molecule has 3 aromatic carbocycles. The number of aryl methyl sites for hydroxylation is 1. The second-order valence-corrected chi connectivity index (χ2v) is 14.8. The molecule has 4 atom stereocenters. The molecule has 0 spiro atoms. The first-order chi connectivity index (χ1) is 24.5. The van der Waals surface area contributed by atoms with E-state index >= 15 is 0 Å². The molecule has 258 valence electrons. The number of nitrogens with zero attached hydrogens (tertiary/aromatic N) is 3. The molecule has 4 unspecified atom stereocenters. The van der Waals surface area contributed by atoms with Crippen molar-refractivity contribution < 1.29 is 19.4 Å². The summed E-state index contributed by atoms with van der Waals surface area (Å²) in [6, 6.07) is 21.4. The Kier molecular flexibility index (Phi) is 9.23. The van der Waals surface area contributed by atoms with E-state index in [1.807, 2.05) is 16.8 Å². The van der Waals surface area contributed by atoms with E-state index in [1.165, 1.54) is 39.3 Å². The van der Waals surface area contributed by atoms with Crippen molar-refractivity contribution in [2.45, 2.75) is 69.9 Å². The van der Waals surface area contributed by atoms with Gasteiger partial charge in [-0.15, -0.1) is 5.10 Å². The second kappa shape index (κ2) is 14.1. The number of ether oxygens (including phenoxy) is 2. The molecule has 1 aliphatic heterocycles. The lowest BCUT2D eigenvalue weighted by Crippen LogP contribution is -3.13. The van der Waals surface area contributed by atoms with Crippen molar-refractivity contribution in [3.05, 3.63) is 117 Å². The number of rotatable bonds is 11. The number of anilines is 1. The number of allylic oxidation sites excluding steroid dienone is 2. The monoisotopic (exact) mass is 690 g/mol. The summed E-state index contributed by atoms with van der Waals surface area (Å²) in [6.45, 7) is 2.93. The number of aromatic nitrogens is 4. The van der Waals surface area contributed by atoms with E-state index in [0.717, 1.165) is 103 Å². The van der Waals surface area contributed by atoms with E-state index in [2.05, 4.69) is 76.1 Å². The summed E-state index contributed by atoms with van der Waals surface area (Å²) in [5.74, 6) is 2.64. The highest BCUT2D eigenvalue weighted by molar-refractivity contribution is 6.31. The third-order valence-electron chi connectivity index (χ3n) is 11.3. The zero-order valence-electron chi connectivity index (χ0n) is 29.1. The second-order valence-electron chi connectivity index (χ2n) is 14.4. The van der Waals surface area contributed by atoms with Gasteiger partial charge in [0.2, 0.25) is 5.52 Å². The fraction of sp³-hybridized carbons (Fsp3) is 0.390. The Morgan fingerprint density at radius 2 is 1.84 bits per heavy atom. The van der Waals surface area contributed by atoms with Gasteiger partial charge in [-0.05, 0) is 73.8 Å². The van der Waals surface area contributed by atoms with E-state index in [-0.39, 0.29) is 6.04 Å². The highest BCUT2D eigenvalue weighted by atomic mass is 35.5. The molecule has 8 rings (SSSR count). The van der Waals surface area contributed by atoms with E-state index < -0.39 is 0 Å². The maximum Gasteiger partial charge on any atom is 0.214 e. The standard InChI is InChI=1S/C41H45ClN6O2/c1-49-37-22-29-13-16-47(41(28-9-4-3-5-10-28)34(29)24-38(37)50-2)17-14-32-25-48(46-45-32)15-7-6-8-26-18-27-20-30(19-26)39-36(21-27)44-35-23-31(42)11-12-33(35)40(39)43/h3-5,9-12,18,22-25,27,30,41H,6-8,13-17,19-21H2,1-2H3,(H2,43,44)/p+2. The van der Waals surface area contributed by atoms with E-state index in [9.17, 15) is 0 Å². The van der Waals surface area contributed by atoms with Gasteiger partial charge in [0.1, 0.15) is 6.04 Å². The Morgan fingerprint density at radius 3 is 2.68 bits per heavy atom. The average molecular weight is 691 g/mol. The first-order valence-corrected chi connectivity index (χ1v) is 18.5. The van der Waals surface area contributed by atoms with Crippen LogP contribution in [-0.4, -0.2) is 42.3 Å². The van der Waals surface area contributed by atoms with Crippen molar-refractivity contribution in [2.24, 2.45) is 5.92 Å². The average Bonchev–Trinajstić information content (AvgIpc) is 3.59. The lowest BCUT2D eigenvalue weighted by Gasteiger charge is -2.35. The summed E-state index contributed by atoms with van der Waals surface area (Å²) in [5, 5.41) is 10.9. The van der Waals surface area contributed by atoms with Crippen LogP contribution in [-0.2, 0) is 25.8 Å². The van der Waals surface area contributed by atoms with Crippen LogP contribution >= 0.6 is 11.6 Å². The highest BCUT2D eigenvalue weighted by Crippen LogP contribution is 2.46. The van der Waals surface area contributed by atoms with Gasteiger partial charge in [-0.2, -0.15) is 0 Å². The van der Waals surface area contributed by atoms with Crippen LogP contribution in [0.25, 0.3) is 10.9 Å². The maximum absolute atomic E-state index is 6.79. The van der Waals surface area contributed by atoms with Gasteiger partial charge in [-0.1, -0.05) is 58.8 Å². The number of unbranched alkanes of at least 4 members (excludes halogenated alkanes) is 1. The Labute approximate surface area is 299 Å². The SMILES string of the molecule is COc1cc2c(cc1OC)C(c1ccccc1)[NH+](CCc1cn(CCCCC3=CC4Cc5[nH+]c6cc(Cl)ccc6c(N)c5C(C3)C4)nn1)CC2. The first-order valence-electron chi connectivity index (χ1n) is 18.1. The van der Waals surface area contributed by atoms with Crippen molar-refractivity contribution in [3.63, 3.8) is 0 Å². The number of aromatic amines is 1. The molecule has 0 saturated heterocycles. The Hall–Kier alpha value is -4.40. The number of methoxy groups -OCH3 is 2. The molecular weight excluding hydrogens is 644 g/mol. The minimum atomic E-state index is 0.227. The normalized spacial score (nSPS) is 21.0. The van der Waals surface area contributed by atoms with Gasteiger partial charge >= 0.3 is 0 Å². The van der Waals surface area contributed by atoms with Crippen LogP contribution in [0.2, 0.25) is 5.02 Å². The van der Waals surface area contributed by atoms with E-state index in [0.29, 0.717) is 11.8 Å². The van der Waals surface area contributed by atoms with Crippen molar-refractivity contribution in [3.8, 4) is 11.5 Å². The molecule has 0 saturated carbocycles. The molecule has 0 fully saturated rings. The molecule has 5 aromatic rings. The number of H-pyrrole nitrogens is 1. The third-order valence-corrected chi connectivity index (χ3v) is 11.5. The molecule has 2 aromatic heterocycles. The predicted octanol–water partition coefficient (Wildman–Crippen LogP) is 6.12. The van der Waals surface area contributed by atoms with Gasteiger partial charge in [0.05, 0.1) is 44.1 Å². The number of nitrogens with one attached hydrogen (secondary N) is 2. The first kappa shape index (κ1) is 32.8. The summed E-state index contributed by atoms with van der Waals surface area (Å²) in [7, 11) is 3.42. The summed E-state index contributed by atoms with van der Waals surface area (Å²) in [6.07, 6.45) is 13.3. The topological polar surface area (TPSA) is 93.8 Å². The highest BCUT2D eigenvalue weighted by Gasteiger charge is 2.37. The van der Waals surface area contributed by atoms with Crippen molar-refractivity contribution in [1.29, 1.82) is 0 Å². The summed E-state index contributed by atoms with van der Waals surface area (Å²) in [4.78, 5) is 5.21. The van der Waals surface area contributed by atoms with Gasteiger partial charge in [0, 0.05) is 59.8 Å².